The number of nitrogens with one attached hydrogen (secondary N) is 2. The summed E-state index contributed by atoms with van der Waals surface area (Å²) in [5.41, 5.74) is 3.39. The minimum atomic E-state index is -0.241. The summed E-state index contributed by atoms with van der Waals surface area (Å²) in [7, 11) is 0. The van der Waals surface area contributed by atoms with Gasteiger partial charge in [0.05, 0.1) is 5.57 Å². The number of hydrogen-bond acceptors (Lipinski definition) is 2. The van der Waals surface area contributed by atoms with Gasteiger partial charge in [-0.3, -0.25) is 9.59 Å². The molecular weight excluding hydrogens is 276 g/mol. The van der Waals surface area contributed by atoms with Gasteiger partial charge in [-0.25, -0.2) is 0 Å². The lowest BCUT2D eigenvalue weighted by Gasteiger charge is -1.97. The molecule has 0 bridgehead atoms. The summed E-state index contributed by atoms with van der Waals surface area (Å²) in [6.45, 7) is 0. The highest BCUT2D eigenvalue weighted by molar-refractivity contribution is 6.35. The molecule has 0 saturated heterocycles. The maximum Gasteiger partial charge on any atom is 0.256 e. The molecule has 22 heavy (non-hydrogen) atoms. The maximum atomic E-state index is 12.6. The highest BCUT2D eigenvalue weighted by atomic mass is 16.2. The number of aromatic amines is 1. The van der Waals surface area contributed by atoms with Crippen molar-refractivity contribution < 1.29 is 9.59 Å². The zero-order valence-electron chi connectivity index (χ0n) is 11.6. The number of H-pyrrole nitrogens is 1. The van der Waals surface area contributed by atoms with Gasteiger partial charge in [-0.1, -0.05) is 36.4 Å². The van der Waals surface area contributed by atoms with Crippen LogP contribution in [0.25, 0.3) is 16.5 Å². The van der Waals surface area contributed by atoms with Gasteiger partial charge >= 0.3 is 0 Å². The van der Waals surface area contributed by atoms with E-state index >= 15 is 0 Å². The number of benzene rings is 2. The van der Waals surface area contributed by atoms with E-state index in [-0.39, 0.29) is 11.7 Å². The number of para-hydroxylation sites is 2. The van der Waals surface area contributed by atoms with Crippen molar-refractivity contribution >= 4 is 33.9 Å². The van der Waals surface area contributed by atoms with E-state index in [0.29, 0.717) is 11.1 Å². The van der Waals surface area contributed by atoms with Gasteiger partial charge in [0.2, 0.25) is 0 Å². The fraction of sp³-hybridized carbons (Fsp3) is 0. The van der Waals surface area contributed by atoms with E-state index in [1.807, 2.05) is 48.5 Å². The van der Waals surface area contributed by atoms with Crippen molar-refractivity contribution in [1.29, 1.82) is 0 Å². The van der Waals surface area contributed by atoms with Crippen molar-refractivity contribution in [2.45, 2.75) is 0 Å². The molecule has 2 aromatic carbocycles. The Bertz CT molecular complexity index is 950. The number of amides is 1. The first-order valence-electron chi connectivity index (χ1n) is 6.97. The third-order valence-electron chi connectivity index (χ3n) is 3.84. The molecule has 1 amide bonds. The third-order valence-corrected chi connectivity index (χ3v) is 3.84. The lowest BCUT2D eigenvalue weighted by molar-refractivity contribution is -0.110. The van der Waals surface area contributed by atoms with Crippen LogP contribution in [0.4, 0.5) is 5.69 Å². The molecule has 2 heterocycles. The summed E-state index contributed by atoms with van der Waals surface area (Å²) in [6.07, 6.45) is 3.10. The van der Waals surface area contributed by atoms with Gasteiger partial charge in [-0.15, -0.1) is 0 Å². The van der Waals surface area contributed by atoms with Crippen molar-refractivity contribution in [3.8, 4) is 0 Å². The zero-order valence-corrected chi connectivity index (χ0v) is 11.6. The number of carbonyl (C=O) groups excluding carboxylic acids is 2. The van der Waals surface area contributed by atoms with Gasteiger partial charge in [-0.2, -0.15) is 0 Å². The zero-order chi connectivity index (χ0) is 15.1. The largest absolute Gasteiger partial charge is 0.360 e. The van der Waals surface area contributed by atoms with Gasteiger partial charge in [0.15, 0.2) is 5.78 Å². The predicted molar refractivity (Wildman–Crippen MR) is 85.7 cm³/mol. The molecule has 1 aliphatic rings. The van der Waals surface area contributed by atoms with E-state index in [4.69, 9.17) is 0 Å². The number of anilines is 1. The summed E-state index contributed by atoms with van der Waals surface area (Å²) in [6, 6.07) is 15.0. The lowest BCUT2D eigenvalue weighted by Crippen LogP contribution is -2.05. The number of fused-ring (bicyclic) bond motifs is 2. The fourth-order valence-electron chi connectivity index (χ4n) is 2.77. The van der Waals surface area contributed by atoms with Crippen molar-refractivity contribution in [3.63, 3.8) is 0 Å². The monoisotopic (exact) mass is 288 g/mol. The predicted octanol–water partition coefficient (Wildman–Crippen LogP) is 3.39. The molecule has 4 heteroatoms. The van der Waals surface area contributed by atoms with Gasteiger partial charge in [0.1, 0.15) is 0 Å². The molecule has 3 aromatic rings. The van der Waals surface area contributed by atoms with Gasteiger partial charge < -0.3 is 10.3 Å². The Balaban J connectivity index is 1.80. The molecule has 0 aliphatic carbocycles. The highest BCUT2D eigenvalue weighted by Gasteiger charge is 2.24. The Morgan fingerprint density at radius 3 is 2.68 bits per heavy atom. The van der Waals surface area contributed by atoms with Crippen LogP contribution in [0.15, 0.2) is 60.8 Å². The van der Waals surface area contributed by atoms with Gasteiger partial charge in [0.25, 0.3) is 5.91 Å². The summed E-state index contributed by atoms with van der Waals surface area (Å²) >= 11 is 0. The molecule has 2 N–H and O–H groups in total. The number of carbonyl (C=O) groups is 2. The summed E-state index contributed by atoms with van der Waals surface area (Å²) in [5, 5.41) is 3.63. The van der Waals surface area contributed by atoms with Crippen LogP contribution in [0.3, 0.4) is 0 Å². The van der Waals surface area contributed by atoms with E-state index in [1.54, 1.807) is 6.20 Å². The first-order valence-corrected chi connectivity index (χ1v) is 6.97. The Kier molecular flexibility index (Phi) is 2.69. The molecule has 0 atom stereocenters. The summed E-state index contributed by atoms with van der Waals surface area (Å²) in [5.74, 6) is -0.423. The first-order chi connectivity index (χ1) is 10.7. The molecule has 4 nitrogen and oxygen atoms in total. The Labute approximate surface area is 126 Å². The minimum Gasteiger partial charge on any atom is -0.360 e. The van der Waals surface area contributed by atoms with Crippen LogP contribution in [0.1, 0.15) is 15.9 Å². The summed E-state index contributed by atoms with van der Waals surface area (Å²) < 4.78 is 0. The fourth-order valence-corrected chi connectivity index (χ4v) is 2.77. The van der Waals surface area contributed by atoms with Crippen molar-refractivity contribution in [2.24, 2.45) is 0 Å². The van der Waals surface area contributed by atoms with Gasteiger partial charge in [-0.05, 0) is 18.2 Å². The first kappa shape index (κ1) is 12.6. The second-order valence-corrected chi connectivity index (χ2v) is 5.17. The molecular formula is C18H12N2O2. The van der Waals surface area contributed by atoms with Crippen LogP contribution in [-0.2, 0) is 4.79 Å². The van der Waals surface area contributed by atoms with Crippen molar-refractivity contribution in [1.82, 2.24) is 4.98 Å². The molecule has 0 fully saturated rings. The minimum absolute atomic E-state index is 0.181. The summed E-state index contributed by atoms with van der Waals surface area (Å²) in [4.78, 5) is 27.7. The molecule has 1 aromatic heterocycles. The van der Waals surface area contributed by atoms with Crippen LogP contribution in [-0.4, -0.2) is 16.7 Å². The number of aromatic nitrogens is 1. The molecule has 0 saturated carbocycles. The molecule has 0 unspecified atom stereocenters. The smallest absolute Gasteiger partial charge is 0.256 e. The average molecular weight is 288 g/mol. The van der Waals surface area contributed by atoms with Crippen LogP contribution in [0.2, 0.25) is 0 Å². The highest BCUT2D eigenvalue weighted by Crippen LogP contribution is 2.31. The van der Waals surface area contributed by atoms with Crippen LogP contribution >= 0.6 is 0 Å². The number of allylic oxidation sites excluding steroid dienone is 1. The molecule has 0 radical (unpaired) electrons. The van der Waals surface area contributed by atoms with Crippen LogP contribution < -0.4 is 5.32 Å². The third kappa shape index (κ3) is 1.85. The van der Waals surface area contributed by atoms with E-state index < -0.39 is 0 Å². The normalized spacial score (nSPS) is 15.1. The van der Waals surface area contributed by atoms with E-state index in [9.17, 15) is 9.59 Å². The van der Waals surface area contributed by atoms with Crippen molar-refractivity contribution in [2.75, 3.05) is 5.32 Å². The van der Waals surface area contributed by atoms with E-state index in [1.165, 1.54) is 6.08 Å². The van der Waals surface area contributed by atoms with Crippen LogP contribution in [0.5, 0.6) is 0 Å². The maximum absolute atomic E-state index is 12.6. The Morgan fingerprint density at radius 1 is 1.00 bits per heavy atom. The second kappa shape index (κ2) is 4.70. The molecule has 4 rings (SSSR count). The number of hydrogen-bond donors (Lipinski definition) is 2. The molecule has 0 spiro atoms. The Hall–Kier alpha value is -3.14. The average Bonchev–Trinajstić information content (AvgIpc) is 3.09. The number of rotatable bonds is 2. The van der Waals surface area contributed by atoms with E-state index in [2.05, 4.69) is 10.3 Å². The van der Waals surface area contributed by atoms with Crippen LogP contribution in [0, 0.1) is 0 Å². The second-order valence-electron chi connectivity index (χ2n) is 5.17. The standard InChI is InChI=1S/C18H12N2O2/c21-17(14-10-19-15-7-3-1-6-12(14)15)9-13-11-5-2-4-8-16(11)20-18(13)22/h1-10,19H,(H,20,22). The number of ketones is 1. The van der Waals surface area contributed by atoms with Gasteiger partial charge in [0, 0.05) is 33.9 Å². The van der Waals surface area contributed by atoms with E-state index in [0.717, 1.165) is 22.2 Å². The Morgan fingerprint density at radius 2 is 1.77 bits per heavy atom. The topological polar surface area (TPSA) is 62.0 Å². The lowest BCUT2D eigenvalue weighted by atomic mass is 10.0. The molecule has 1 aliphatic heterocycles. The quantitative estimate of drug-likeness (QED) is 0.561. The molecule has 106 valence electrons. The van der Waals surface area contributed by atoms with Crippen molar-refractivity contribution in [3.05, 3.63) is 71.9 Å². The SMILES string of the molecule is O=C1Nc2ccccc2C1=CC(=O)c1c[nH]c2ccccc12.